The summed E-state index contributed by atoms with van der Waals surface area (Å²) in [6.45, 7) is 2.85. The summed E-state index contributed by atoms with van der Waals surface area (Å²) in [6, 6.07) is 11.6. The minimum atomic E-state index is -0.305. The molecule has 7 heteroatoms. The van der Waals surface area contributed by atoms with E-state index in [1.165, 1.54) is 17.7 Å². The smallest absolute Gasteiger partial charge is 0.270 e. The lowest BCUT2D eigenvalue weighted by atomic mass is 10.2. The van der Waals surface area contributed by atoms with Gasteiger partial charge < -0.3 is 10.2 Å². The molecule has 0 saturated carbocycles. The molecule has 1 amide bonds. The Kier molecular flexibility index (Phi) is 6.26. The SMILES string of the molecule is Cc1cc(C(=O)NCc2ccc(F)cc2)nc(N(C)CCc2ccncc2)n1. The Labute approximate surface area is 163 Å². The number of halogens is 1. The average molecular weight is 379 g/mol. The number of carbonyl (C=O) groups is 1. The van der Waals surface area contributed by atoms with Gasteiger partial charge in [0.15, 0.2) is 0 Å². The summed E-state index contributed by atoms with van der Waals surface area (Å²) in [6.07, 6.45) is 4.35. The van der Waals surface area contributed by atoms with Crippen LogP contribution >= 0.6 is 0 Å². The molecule has 3 aromatic rings. The second-order valence-corrected chi connectivity index (χ2v) is 6.53. The standard InChI is InChI=1S/C21H22FN5O/c1-15-13-19(20(28)24-14-17-3-5-18(22)6-4-17)26-21(25-15)27(2)12-9-16-7-10-23-11-8-16/h3-8,10-11,13H,9,12,14H2,1-2H3,(H,24,28). The van der Waals surface area contributed by atoms with Crippen LogP contribution < -0.4 is 10.2 Å². The van der Waals surface area contributed by atoms with Gasteiger partial charge in [0.25, 0.3) is 5.91 Å². The monoisotopic (exact) mass is 379 g/mol. The van der Waals surface area contributed by atoms with Crippen LogP contribution in [0.25, 0.3) is 0 Å². The summed E-state index contributed by atoms with van der Waals surface area (Å²) < 4.78 is 13.0. The van der Waals surface area contributed by atoms with Crippen molar-refractivity contribution in [2.45, 2.75) is 19.9 Å². The highest BCUT2D eigenvalue weighted by atomic mass is 19.1. The molecule has 2 heterocycles. The first-order valence-corrected chi connectivity index (χ1v) is 8.99. The lowest BCUT2D eigenvalue weighted by Gasteiger charge is -2.18. The minimum absolute atomic E-state index is 0.293. The molecule has 0 unspecified atom stereocenters. The van der Waals surface area contributed by atoms with E-state index < -0.39 is 0 Å². The van der Waals surface area contributed by atoms with E-state index in [1.807, 2.05) is 31.0 Å². The van der Waals surface area contributed by atoms with E-state index in [2.05, 4.69) is 20.3 Å². The van der Waals surface area contributed by atoms with Gasteiger partial charge in [-0.1, -0.05) is 12.1 Å². The van der Waals surface area contributed by atoms with Crippen LogP contribution in [0.2, 0.25) is 0 Å². The quantitative estimate of drug-likeness (QED) is 0.683. The maximum atomic E-state index is 13.0. The molecule has 0 fully saturated rings. The summed E-state index contributed by atoms with van der Waals surface area (Å²) in [4.78, 5) is 27.3. The number of hydrogen-bond acceptors (Lipinski definition) is 5. The van der Waals surface area contributed by atoms with Crippen molar-refractivity contribution in [1.82, 2.24) is 20.3 Å². The van der Waals surface area contributed by atoms with Crippen molar-refractivity contribution in [3.63, 3.8) is 0 Å². The van der Waals surface area contributed by atoms with E-state index in [1.54, 1.807) is 30.6 Å². The van der Waals surface area contributed by atoms with Crippen molar-refractivity contribution < 1.29 is 9.18 Å². The number of nitrogens with one attached hydrogen (secondary N) is 1. The molecule has 0 spiro atoms. The lowest BCUT2D eigenvalue weighted by molar-refractivity contribution is 0.0945. The third-order valence-corrected chi connectivity index (χ3v) is 4.27. The Balaban J connectivity index is 1.64. The fourth-order valence-corrected chi connectivity index (χ4v) is 2.66. The summed E-state index contributed by atoms with van der Waals surface area (Å²) in [5, 5.41) is 2.81. The Morgan fingerprint density at radius 1 is 1.07 bits per heavy atom. The molecule has 2 aromatic heterocycles. The Hall–Kier alpha value is -3.35. The highest BCUT2D eigenvalue weighted by molar-refractivity contribution is 5.92. The average Bonchev–Trinajstić information content (AvgIpc) is 2.71. The van der Waals surface area contributed by atoms with Crippen LogP contribution in [0.3, 0.4) is 0 Å². The number of pyridine rings is 1. The van der Waals surface area contributed by atoms with E-state index in [9.17, 15) is 9.18 Å². The van der Waals surface area contributed by atoms with Gasteiger partial charge >= 0.3 is 0 Å². The number of aromatic nitrogens is 3. The van der Waals surface area contributed by atoms with Crippen molar-refractivity contribution in [2.24, 2.45) is 0 Å². The van der Waals surface area contributed by atoms with Crippen molar-refractivity contribution >= 4 is 11.9 Å². The maximum Gasteiger partial charge on any atom is 0.270 e. The van der Waals surface area contributed by atoms with E-state index in [-0.39, 0.29) is 11.7 Å². The minimum Gasteiger partial charge on any atom is -0.347 e. The van der Waals surface area contributed by atoms with Gasteiger partial charge in [-0.05, 0) is 54.8 Å². The first kappa shape index (κ1) is 19.4. The fraction of sp³-hybridized carbons (Fsp3) is 0.238. The number of likely N-dealkylation sites (N-methyl/N-ethyl adjacent to an activating group) is 1. The Bertz CT molecular complexity index is 931. The van der Waals surface area contributed by atoms with Crippen molar-refractivity contribution in [3.8, 4) is 0 Å². The lowest BCUT2D eigenvalue weighted by Crippen LogP contribution is -2.27. The fourth-order valence-electron chi connectivity index (χ4n) is 2.66. The second-order valence-electron chi connectivity index (χ2n) is 6.53. The Morgan fingerprint density at radius 2 is 1.79 bits per heavy atom. The molecule has 6 nitrogen and oxygen atoms in total. The van der Waals surface area contributed by atoms with Crippen molar-refractivity contribution in [1.29, 1.82) is 0 Å². The zero-order valence-electron chi connectivity index (χ0n) is 15.9. The van der Waals surface area contributed by atoms with Gasteiger partial charge in [-0.3, -0.25) is 9.78 Å². The second kappa shape index (κ2) is 9.03. The summed E-state index contributed by atoms with van der Waals surface area (Å²) >= 11 is 0. The van der Waals surface area contributed by atoms with Gasteiger partial charge in [-0.2, -0.15) is 0 Å². The first-order chi connectivity index (χ1) is 13.5. The van der Waals surface area contributed by atoms with E-state index in [4.69, 9.17) is 0 Å². The molecule has 0 aliphatic heterocycles. The predicted molar refractivity (Wildman–Crippen MR) is 106 cm³/mol. The molecular weight excluding hydrogens is 357 g/mol. The van der Waals surface area contributed by atoms with Crippen LogP contribution in [0.15, 0.2) is 54.9 Å². The predicted octanol–water partition coefficient (Wildman–Crippen LogP) is 2.93. The van der Waals surface area contributed by atoms with Crippen LogP contribution in [0.1, 0.15) is 27.3 Å². The number of amides is 1. The van der Waals surface area contributed by atoms with Gasteiger partial charge in [-0.15, -0.1) is 0 Å². The van der Waals surface area contributed by atoms with Crippen molar-refractivity contribution in [2.75, 3.05) is 18.5 Å². The van der Waals surface area contributed by atoms with Crippen LogP contribution in [-0.4, -0.2) is 34.5 Å². The number of carbonyl (C=O) groups excluding carboxylic acids is 1. The van der Waals surface area contributed by atoms with Gasteiger partial charge in [0.05, 0.1) is 0 Å². The molecule has 0 bridgehead atoms. The third-order valence-electron chi connectivity index (χ3n) is 4.27. The van der Waals surface area contributed by atoms with Gasteiger partial charge in [0.1, 0.15) is 11.5 Å². The summed E-state index contributed by atoms with van der Waals surface area (Å²) in [7, 11) is 1.90. The number of aryl methyl sites for hydroxylation is 1. The van der Waals surface area contributed by atoms with E-state index in [0.29, 0.717) is 30.4 Å². The molecule has 0 radical (unpaired) electrons. The first-order valence-electron chi connectivity index (χ1n) is 8.99. The number of anilines is 1. The summed E-state index contributed by atoms with van der Waals surface area (Å²) in [5.41, 5.74) is 3.01. The molecular formula is C21H22FN5O. The number of nitrogens with zero attached hydrogens (tertiary/aromatic N) is 4. The molecule has 0 saturated heterocycles. The van der Waals surface area contributed by atoms with Crippen LogP contribution in [0.4, 0.5) is 10.3 Å². The van der Waals surface area contributed by atoms with Gasteiger partial charge in [0.2, 0.25) is 5.95 Å². The zero-order valence-corrected chi connectivity index (χ0v) is 15.9. The maximum absolute atomic E-state index is 13.0. The van der Waals surface area contributed by atoms with Crippen LogP contribution in [0, 0.1) is 12.7 Å². The molecule has 0 aliphatic rings. The highest BCUT2D eigenvalue weighted by Gasteiger charge is 2.13. The number of hydrogen-bond donors (Lipinski definition) is 1. The van der Waals surface area contributed by atoms with Crippen LogP contribution in [-0.2, 0) is 13.0 Å². The number of rotatable bonds is 7. The molecule has 1 N–H and O–H groups in total. The summed E-state index contributed by atoms with van der Waals surface area (Å²) in [5.74, 6) is -0.0967. The number of benzene rings is 1. The molecule has 3 rings (SSSR count). The highest BCUT2D eigenvalue weighted by Crippen LogP contribution is 2.11. The van der Waals surface area contributed by atoms with Gasteiger partial charge in [0, 0.05) is 38.2 Å². The third kappa shape index (κ3) is 5.33. The largest absolute Gasteiger partial charge is 0.347 e. The normalized spacial score (nSPS) is 10.5. The van der Waals surface area contributed by atoms with Crippen LogP contribution in [0.5, 0.6) is 0 Å². The van der Waals surface area contributed by atoms with Gasteiger partial charge in [-0.25, -0.2) is 14.4 Å². The van der Waals surface area contributed by atoms with E-state index in [0.717, 1.165) is 12.0 Å². The molecule has 28 heavy (non-hydrogen) atoms. The van der Waals surface area contributed by atoms with E-state index >= 15 is 0 Å². The molecule has 0 aliphatic carbocycles. The topological polar surface area (TPSA) is 71.0 Å². The molecule has 1 aromatic carbocycles. The zero-order chi connectivity index (χ0) is 19.9. The molecule has 144 valence electrons. The van der Waals surface area contributed by atoms with Crippen molar-refractivity contribution in [3.05, 3.63) is 83.2 Å². The molecule has 0 atom stereocenters. The Morgan fingerprint density at radius 3 is 2.50 bits per heavy atom.